The van der Waals surface area contributed by atoms with Gasteiger partial charge in [-0.15, -0.1) is 0 Å². The van der Waals surface area contributed by atoms with Crippen molar-refractivity contribution in [3.05, 3.63) is 0 Å². The van der Waals surface area contributed by atoms with E-state index in [1.807, 2.05) is 0 Å². The monoisotopic (exact) mass is 328 g/mol. The van der Waals surface area contributed by atoms with E-state index >= 15 is 0 Å². The van der Waals surface area contributed by atoms with Crippen LogP contribution in [0.15, 0.2) is 0 Å². The maximum atomic E-state index is 12.1. The van der Waals surface area contributed by atoms with Crippen molar-refractivity contribution in [3.8, 4) is 0 Å². The van der Waals surface area contributed by atoms with Crippen LogP contribution in [0.1, 0.15) is 52.9 Å². The molecular formula is C16H24O7. The van der Waals surface area contributed by atoms with Crippen LogP contribution in [0.2, 0.25) is 0 Å². The van der Waals surface area contributed by atoms with E-state index in [4.69, 9.17) is 14.9 Å². The smallest absolute Gasteiger partial charge is 0.336 e. The van der Waals surface area contributed by atoms with Gasteiger partial charge in [0.2, 0.25) is 0 Å². The number of carbonyl (C=O) groups excluding carboxylic acids is 1. The number of hydrogen-bond acceptors (Lipinski definition) is 5. The third kappa shape index (κ3) is 2.82. The van der Waals surface area contributed by atoms with Crippen molar-refractivity contribution in [2.24, 2.45) is 16.7 Å². The van der Waals surface area contributed by atoms with Crippen LogP contribution in [0.25, 0.3) is 0 Å². The van der Waals surface area contributed by atoms with E-state index in [-0.39, 0.29) is 16.9 Å². The molecule has 0 aromatic carbocycles. The topological polar surface area (TPSA) is 121 Å². The van der Waals surface area contributed by atoms with E-state index in [1.54, 1.807) is 0 Å². The number of carboxylic acids is 2. The van der Waals surface area contributed by atoms with Crippen molar-refractivity contribution >= 4 is 17.9 Å². The van der Waals surface area contributed by atoms with Gasteiger partial charge in [0.25, 0.3) is 0 Å². The zero-order valence-corrected chi connectivity index (χ0v) is 13.7. The number of carbonyl (C=O) groups is 3. The highest BCUT2D eigenvalue weighted by molar-refractivity contribution is 5.88. The second-order valence-corrected chi connectivity index (χ2v) is 7.67. The molecule has 23 heavy (non-hydrogen) atoms. The minimum absolute atomic E-state index is 0.0299. The summed E-state index contributed by atoms with van der Waals surface area (Å²) in [7, 11) is 0. The third-order valence-electron chi connectivity index (χ3n) is 6.27. The van der Waals surface area contributed by atoms with Crippen molar-refractivity contribution in [3.63, 3.8) is 0 Å². The first-order chi connectivity index (χ1) is 10.4. The highest BCUT2D eigenvalue weighted by atomic mass is 16.5. The van der Waals surface area contributed by atoms with Crippen molar-refractivity contribution in [2.75, 3.05) is 0 Å². The number of esters is 1. The number of fused-ring (bicyclic) bond motifs is 2. The Morgan fingerprint density at radius 2 is 1.78 bits per heavy atom. The van der Waals surface area contributed by atoms with Crippen LogP contribution >= 0.6 is 0 Å². The Bertz CT molecular complexity index is 541. The van der Waals surface area contributed by atoms with E-state index in [0.717, 1.165) is 19.3 Å². The Kier molecular flexibility index (Phi) is 4.22. The summed E-state index contributed by atoms with van der Waals surface area (Å²) in [6.07, 6.45) is 0.488. The molecule has 7 nitrogen and oxygen atoms in total. The SMILES string of the molecule is CC1(C)[C@H]2CC[C@@]1(C)[C@@H](OC(=O)C[C@@](O)(CC(=O)O)C(=O)O)C2. The van der Waals surface area contributed by atoms with E-state index in [2.05, 4.69) is 20.8 Å². The molecule has 2 saturated carbocycles. The Morgan fingerprint density at radius 3 is 2.17 bits per heavy atom. The molecule has 0 saturated heterocycles. The van der Waals surface area contributed by atoms with Gasteiger partial charge in [0.1, 0.15) is 6.10 Å². The molecule has 2 aliphatic carbocycles. The molecule has 7 heteroatoms. The Balaban J connectivity index is 2.06. The van der Waals surface area contributed by atoms with Crippen molar-refractivity contribution < 1.29 is 34.4 Å². The summed E-state index contributed by atoms with van der Waals surface area (Å²) in [6, 6.07) is 0. The van der Waals surface area contributed by atoms with Crippen molar-refractivity contribution in [1.82, 2.24) is 0 Å². The lowest BCUT2D eigenvalue weighted by molar-refractivity contribution is -0.176. The number of aliphatic hydroxyl groups is 1. The van der Waals surface area contributed by atoms with Crippen LogP contribution in [-0.2, 0) is 19.1 Å². The predicted octanol–water partition coefficient (Wildman–Crippen LogP) is 1.42. The first-order valence-electron chi connectivity index (χ1n) is 7.79. The normalized spacial score (nSPS) is 33.9. The summed E-state index contributed by atoms with van der Waals surface area (Å²) in [5.41, 5.74) is -2.79. The third-order valence-corrected chi connectivity index (χ3v) is 6.27. The van der Waals surface area contributed by atoms with Crippen molar-refractivity contribution in [2.45, 2.75) is 64.6 Å². The van der Waals surface area contributed by atoms with Gasteiger partial charge in [-0.3, -0.25) is 9.59 Å². The fourth-order valence-electron chi connectivity index (χ4n) is 4.21. The van der Waals surface area contributed by atoms with Crippen LogP contribution in [-0.4, -0.2) is 44.9 Å². The van der Waals surface area contributed by atoms with Gasteiger partial charge in [-0.25, -0.2) is 4.79 Å². The number of rotatable bonds is 6. The molecule has 0 aliphatic heterocycles. The molecule has 2 bridgehead atoms. The van der Waals surface area contributed by atoms with Crippen molar-refractivity contribution in [1.29, 1.82) is 0 Å². The van der Waals surface area contributed by atoms with Gasteiger partial charge in [0.15, 0.2) is 5.60 Å². The maximum Gasteiger partial charge on any atom is 0.336 e. The minimum atomic E-state index is -2.64. The molecule has 0 amide bonds. The number of carboxylic acid groups (broad SMARTS) is 2. The molecule has 3 N–H and O–H groups in total. The summed E-state index contributed by atoms with van der Waals surface area (Å²) >= 11 is 0. The summed E-state index contributed by atoms with van der Waals surface area (Å²) in [4.78, 5) is 33.9. The average Bonchev–Trinajstić information content (AvgIpc) is 2.70. The Morgan fingerprint density at radius 1 is 1.17 bits per heavy atom. The average molecular weight is 328 g/mol. The number of aliphatic carboxylic acids is 2. The van der Waals surface area contributed by atoms with Gasteiger partial charge in [-0.1, -0.05) is 20.8 Å². The second kappa shape index (κ2) is 5.47. The Hall–Kier alpha value is -1.63. The molecule has 0 aromatic rings. The zero-order valence-electron chi connectivity index (χ0n) is 13.7. The van der Waals surface area contributed by atoms with Gasteiger partial charge in [0, 0.05) is 5.41 Å². The lowest BCUT2D eigenvalue weighted by atomic mass is 9.70. The van der Waals surface area contributed by atoms with Crippen LogP contribution in [0.3, 0.4) is 0 Å². The molecule has 0 radical (unpaired) electrons. The van der Waals surface area contributed by atoms with Gasteiger partial charge in [-0.05, 0) is 30.6 Å². The molecule has 2 aliphatic rings. The zero-order chi connectivity index (χ0) is 17.6. The molecule has 0 unspecified atom stereocenters. The summed E-state index contributed by atoms with van der Waals surface area (Å²) in [5.74, 6) is -3.65. The van der Waals surface area contributed by atoms with E-state index in [1.165, 1.54) is 0 Å². The first kappa shape index (κ1) is 17.7. The van der Waals surface area contributed by atoms with Gasteiger partial charge in [-0.2, -0.15) is 0 Å². The highest BCUT2D eigenvalue weighted by Gasteiger charge is 2.63. The minimum Gasteiger partial charge on any atom is -0.481 e. The lowest BCUT2D eigenvalue weighted by Crippen LogP contribution is -2.45. The van der Waals surface area contributed by atoms with Crippen LogP contribution in [0.5, 0.6) is 0 Å². The van der Waals surface area contributed by atoms with E-state index in [0.29, 0.717) is 5.92 Å². The predicted molar refractivity (Wildman–Crippen MR) is 78.6 cm³/mol. The van der Waals surface area contributed by atoms with E-state index in [9.17, 15) is 19.5 Å². The van der Waals surface area contributed by atoms with Gasteiger partial charge >= 0.3 is 17.9 Å². The molecule has 4 atom stereocenters. The fraction of sp³-hybridized carbons (Fsp3) is 0.812. The lowest BCUT2D eigenvalue weighted by Gasteiger charge is -2.38. The molecule has 2 rings (SSSR count). The molecule has 2 fully saturated rings. The molecular weight excluding hydrogens is 304 g/mol. The summed E-state index contributed by atoms with van der Waals surface area (Å²) in [6.45, 7) is 6.37. The second-order valence-electron chi connectivity index (χ2n) is 7.67. The fourth-order valence-corrected chi connectivity index (χ4v) is 4.21. The van der Waals surface area contributed by atoms with E-state index < -0.39 is 36.4 Å². The highest BCUT2D eigenvalue weighted by Crippen LogP contribution is 2.66. The van der Waals surface area contributed by atoms with Crippen LogP contribution in [0.4, 0.5) is 0 Å². The number of ether oxygens (including phenoxy) is 1. The number of hydrogen-bond donors (Lipinski definition) is 3. The molecule has 0 heterocycles. The van der Waals surface area contributed by atoms with Gasteiger partial charge < -0.3 is 20.1 Å². The first-order valence-corrected chi connectivity index (χ1v) is 7.79. The molecule has 0 aromatic heterocycles. The quantitative estimate of drug-likeness (QED) is 0.630. The molecule has 130 valence electrons. The Labute approximate surface area is 134 Å². The van der Waals surface area contributed by atoms with Crippen LogP contribution in [0, 0.1) is 16.7 Å². The van der Waals surface area contributed by atoms with Crippen LogP contribution < -0.4 is 0 Å². The standard InChI is InChI=1S/C16H24O7/c1-14(2)9-4-5-15(14,3)10(6-9)23-12(19)8-16(22,13(20)21)7-11(17)18/h9-10,22H,4-8H2,1-3H3,(H,17,18)(H,20,21)/t9-,10-,15-,16-/m0/s1. The maximum absolute atomic E-state index is 12.1. The largest absolute Gasteiger partial charge is 0.481 e. The summed E-state index contributed by atoms with van der Waals surface area (Å²) in [5, 5.41) is 27.6. The van der Waals surface area contributed by atoms with Gasteiger partial charge in [0.05, 0.1) is 12.8 Å². The summed E-state index contributed by atoms with van der Waals surface area (Å²) < 4.78 is 5.46. The molecule has 0 spiro atoms.